The minimum absolute atomic E-state index is 0.0628. The van der Waals surface area contributed by atoms with E-state index in [-0.39, 0.29) is 22.7 Å². The third-order valence-corrected chi connectivity index (χ3v) is 2.90. The summed E-state index contributed by atoms with van der Waals surface area (Å²) in [5.74, 6) is -0.587. The molecule has 5 nitrogen and oxygen atoms in total. The molecule has 0 spiro atoms. The molecule has 0 N–H and O–H groups in total. The second-order valence-electron chi connectivity index (χ2n) is 3.72. The van der Waals surface area contributed by atoms with Gasteiger partial charge in [-0.25, -0.2) is 4.39 Å². The Labute approximate surface area is 121 Å². The van der Waals surface area contributed by atoms with Crippen LogP contribution in [0.4, 0.5) is 10.1 Å². The van der Waals surface area contributed by atoms with Crippen molar-refractivity contribution in [2.45, 2.75) is 0 Å². The first-order valence-electron chi connectivity index (χ1n) is 5.32. The number of rotatable bonds is 3. The van der Waals surface area contributed by atoms with Gasteiger partial charge in [-0.15, -0.1) is 0 Å². The molecule has 7 heteroatoms. The Bertz CT molecular complexity index is 728. The number of nitro benzene ring substituents is 1. The van der Waals surface area contributed by atoms with E-state index in [9.17, 15) is 14.5 Å². The van der Waals surface area contributed by atoms with E-state index in [1.807, 2.05) is 0 Å². The maximum absolute atomic E-state index is 13.6. The highest BCUT2D eigenvalue weighted by Gasteiger charge is 2.16. The highest BCUT2D eigenvalue weighted by molar-refractivity contribution is 9.10. The van der Waals surface area contributed by atoms with Crippen molar-refractivity contribution in [3.63, 3.8) is 0 Å². The Morgan fingerprint density at radius 1 is 1.30 bits per heavy atom. The molecular formula is C13H6BrFN2O3. The summed E-state index contributed by atoms with van der Waals surface area (Å²) in [5, 5.41) is 19.6. The topological polar surface area (TPSA) is 76.2 Å². The monoisotopic (exact) mass is 336 g/mol. The first-order chi connectivity index (χ1) is 9.51. The quantitative estimate of drug-likeness (QED) is 0.622. The van der Waals surface area contributed by atoms with Gasteiger partial charge in [0.25, 0.3) is 5.69 Å². The number of nitriles is 1. The maximum atomic E-state index is 13.6. The van der Waals surface area contributed by atoms with Gasteiger partial charge in [0.2, 0.25) is 0 Å². The van der Waals surface area contributed by atoms with Crippen LogP contribution < -0.4 is 4.74 Å². The average Bonchev–Trinajstić information content (AvgIpc) is 2.41. The van der Waals surface area contributed by atoms with Gasteiger partial charge in [0.1, 0.15) is 17.4 Å². The summed E-state index contributed by atoms with van der Waals surface area (Å²) in [6.45, 7) is 0. The van der Waals surface area contributed by atoms with Crippen molar-refractivity contribution in [1.82, 2.24) is 0 Å². The van der Waals surface area contributed by atoms with Crippen molar-refractivity contribution in [1.29, 1.82) is 5.26 Å². The molecule has 2 rings (SSSR count). The van der Waals surface area contributed by atoms with Crippen LogP contribution in [0.25, 0.3) is 0 Å². The summed E-state index contributed by atoms with van der Waals surface area (Å²) in [6.07, 6.45) is 0. The van der Waals surface area contributed by atoms with Crippen molar-refractivity contribution in [3.8, 4) is 17.6 Å². The minimum Gasteiger partial charge on any atom is -0.454 e. The van der Waals surface area contributed by atoms with E-state index in [1.54, 1.807) is 12.1 Å². The zero-order chi connectivity index (χ0) is 14.7. The molecule has 0 unspecified atom stereocenters. The maximum Gasteiger partial charge on any atom is 0.290 e. The number of hydrogen-bond donors (Lipinski definition) is 0. The third kappa shape index (κ3) is 2.92. The molecular weight excluding hydrogens is 331 g/mol. The lowest BCUT2D eigenvalue weighted by atomic mass is 10.2. The highest BCUT2D eigenvalue weighted by Crippen LogP contribution is 2.30. The van der Waals surface area contributed by atoms with Crippen LogP contribution in [0.2, 0.25) is 0 Å². The van der Waals surface area contributed by atoms with Gasteiger partial charge in [-0.05, 0) is 30.3 Å². The van der Waals surface area contributed by atoms with Crippen molar-refractivity contribution in [2.24, 2.45) is 0 Å². The van der Waals surface area contributed by atoms with Crippen molar-refractivity contribution < 1.29 is 14.1 Å². The largest absolute Gasteiger partial charge is 0.454 e. The van der Waals surface area contributed by atoms with Crippen molar-refractivity contribution >= 4 is 21.6 Å². The molecule has 20 heavy (non-hydrogen) atoms. The summed E-state index contributed by atoms with van der Waals surface area (Å²) in [4.78, 5) is 10.1. The molecule has 0 aliphatic carbocycles. The Kier molecular flexibility index (Phi) is 3.96. The SMILES string of the molecule is N#Cc1ccc(Oc2ccc(Br)cc2F)cc1[N+](=O)[O-]. The van der Waals surface area contributed by atoms with E-state index in [0.717, 1.165) is 6.07 Å². The number of halogens is 2. The summed E-state index contributed by atoms with van der Waals surface area (Å²) in [6, 6.07) is 9.60. The van der Waals surface area contributed by atoms with Gasteiger partial charge in [0.15, 0.2) is 11.6 Å². The Morgan fingerprint density at radius 3 is 2.65 bits per heavy atom. The number of hydrogen-bond acceptors (Lipinski definition) is 4. The standard InChI is InChI=1S/C13H6BrFN2O3/c14-9-2-4-13(11(15)5-9)20-10-3-1-8(7-16)12(6-10)17(18)19/h1-6H. The van der Waals surface area contributed by atoms with Crippen LogP contribution in [0.3, 0.4) is 0 Å². The number of nitro groups is 1. The van der Waals surface area contributed by atoms with Crippen LogP contribution in [0.1, 0.15) is 5.56 Å². The highest BCUT2D eigenvalue weighted by atomic mass is 79.9. The second-order valence-corrected chi connectivity index (χ2v) is 4.64. The number of ether oxygens (including phenoxy) is 1. The molecule has 0 saturated heterocycles. The van der Waals surface area contributed by atoms with E-state index >= 15 is 0 Å². The van der Waals surface area contributed by atoms with E-state index in [2.05, 4.69) is 15.9 Å². The molecule has 0 bridgehead atoms. The van der Waals surface area contributed by atoms with Gasteiger partial charge < -0.3 is 4.74 Å². The molecule has 0 fully saturated rings. The summed E-state index contributed by atoms with van der Waals surface area (Å²) < 4.78 is 19.4. The van der Waals surface area contributed by atoms with Crippen molar-refractivity contribution in [3.05, 3.63) is 62.4 Å². The molecule has 0 saturated carbocycles. The average molecular weight is 337 g/mol. The lowest BCUT2D eigenvalue weighted by Gasteiger charge is -2.07. The molecule has 0 aliphatic rings. The van der Waals surface area contributed by atoms with Crippen molar-refractivity contribution in [2.75, 3.05) is 0 Å². The zero-order valence-corrected chi connectivity index (χ0v) is 11.4. The lowest BCUT2D eigenvalue weighted by Crippen LogP contribution is -1.94. The van der Waals surface area contributed by atoms with E-state index < -0.39 is 10.7 Å². The summed E-state index contributed by atoms with van der Waals surface area (Å²) in [7, 11) is 0. The van der Waals surface area contributed by atoms with Gasteiger partial charge >= 0.3 is 0 Å². The molecule has 2 aromatic rings. The van der Waals surface area contributed by atoms with Gasteiger partial charge in [-0.3, -0.25) is 10.1 Å². The van der Waals surface area contributed by atoms with Crippen LogP contribution >= 0.6 is 15.9 Å². The fourth-order valence-electron chi connectivity index (χ4n) is 1.51. The normalized spacial score (nSPS) is 9.85. The Morgan fingerprint density at radius 2 is 2.05 bits per heavy atom. The molecule has 2 aromatic carbocycles. The molecule has 0 aliphatic heterocycles. The summed E-state index contributed by atoms with van der Waals surface area (Å²) >= 11 is 3.11. The van der Waals surface area contributed by atoms with E-state index in [4.69, 9.17) is 10.00 Å². The van der Waals surface area contributed by atoms with Crippen LogP contribution in [-0.2, 0) is 0 Å². The van der Waals surface area contributed by atoms with Crippen LogP contribution in [0, 0.1) is 27.3 Å². The van der Waals surface area contributed by atoms with Crippen LogP contribution in [0.15, 0.2) is 40.9 Å². The first kappa shape index (κ1) is 14.0. The molecule has 0 aromatic heterocycles. The number of nitrogens with zero attached hydrogens (tertiary/aromatic N) is 2. The van der Waals surface area contributed by atoms with E-state index in [0.29, 0.717) is 4.47 Å². The third-order valence-electron chi connectivity index (χ3n) is 2.41. The second kappa shape index (κ2) is 5.67. The molecule has 0 heterocycles. The molecule has 0 radical (unpaired) electrons. The predicted molar refractivity (Wildman–Crippen MR) is 72.0 cm³/mol. The van der Waals surface area contributed by atoms with Gasteiger partial charge in [-0.2, -0.15) is 5.26 Å². The Balaban J connectivity index is 2.37. The number of benzene rings is 2. The molecule has 0 atom stereocenters. The zero-order valence-electron chi connectivity index (χ0n) is 9.84. The molecule has 0 amide bonds. The molecule has 100 valence electrons. The van der Waals surface area contributed by atoms with E-state index in [1.165, 1.54) is 24.3 Å². The van der Waals surface area contributed by atoms with Gasteiger partial charge in [0.05, 0.1) is 11.0 Å². The smallest absolute Gasteiger partial charge is 0.290 e. The van der Waals surface area contributed by atoms with Gasteiger partial charge in [-0.1, -0.05) is 15.9 Å². The first-order valence-corrected chi connectivity index (χ1v) is 6.12. The van der Waals surface area contributed by atoms with Gasteiger partial charge in [0, 0.05) is 4.47 Å². The minimum atomic E-state index is -0.691. The Hall–Kier alpha value is -2.46. The lowest BCUT2D eigenvalue weighted by molar-refractivity contribution is -0.385. The summed E-state index contributed by atoms with van der Waals surface area (Å²) in [5.41, 5.74) is -0.471. The van der Waals surface area contributed by atoms with Crippen LogP contribution in [0.5, 0.6) is 11.5 Å². The fraction of sp³-hybridized carbons (Fsp3) is 0. The van der Waals surface area contributed by atoms with Crippen LogP contribution in [-0.4, -0.2) is 4.92 Å². The fourth-order valence-corrected chi connectivity index (χ4v) is 1.84. The predicted octanol–water partition coefficient (Wildman–Crippen LogP) is 4.16.